The fraction of sp³-hybridized carbons (Fsp3) is 0.391. The van der Waals surface area contributed by atoms with Gasteiger partial charge < -0.3 is 15.5 Å². The number of amides is 1. The number of nitrogens with two attached hydrogens (primary N) is 1. The van der Waals surface area contributed by atoms with Gasteiger partial charge in [-0.1, -0.05) is 11.6 Å². The van der Waals surface area contributed by atoms with E-state index in [4.69, 9.17) is 21.8 Å². The Morgan fingerprint density at radius 1 is 1.24 bits per heavy atom. The maximum atomic E-state index is 13.6. The van der Waals surface area contributed by atoms with E-state index < -0.39 is 29.4 Å². The molecular weight excluding hydrogens is 510 g/mol. The number of carbonyl (C=O) groups excluding carboxylic acids is 1. The molecule has 4 heterocycles. The largest absolute Gasteiger partial charge is 0.437 e. The van der Waals surface area contributed by atoms with Gasteiger partial charge in [0.2, 0.25) is 17.7 Å². The van der Waals surface area contributed by atoms with E-state index >= 15 is 0 Å². The summed E-state index contributed by atoms with van der Waals surface area (Å²) in [4.78, 5) is 34.3. The molecule has 4 aromatic rings. The van der Waals surface area contributed by atoms with Crippen LogP contribution in [-0.2, 0) is 16.8 Å². The Hall–Kier alpha value is -3.87. The first-order valence-electron chi connectivity index (χ1n) is 11.4. The molecule has 1 aromatic carbocycles. The Bertz CT molecular complexity index is 1620. The lowest BCUT2D eigenvalue weighted by molar-refractivity contribution is -0.119. The van der Waals surface area contributed by atoms with E-state index in [9.17, 15) is 18.4 Å². The quantitative estimate of drug-likeness (QED) is 0.381. The SMILES string of the molecule is CC(C)n1nc(C2(C)C(=O)Nc3nc(-c4nn(CCC(C)(F)F)c5cc(Cl)ccc45)nc(N)c32)oc1=O. The number of nitrogen functional groups attached to an aromatic ring is 1. The molecule has 0 saturated carbocycles. The van der Waals surface area contributed by atoms with Crippen molar-refractivity contribution >= 4 is 40.0 Å². The molecule has 1 atom stereocenters. The molecule has 194 valence electrons. The van der Waals surface area contributed by atoms with Crippen LogP contribution in [0.1, 0.15) is 51.6 Å². The number of benzene rings is 1. The number of hydrogen-bond donors (Lipinski definition) is 2. The summed E-state index contributed by atoms with van der Waals surface area (Å²) in [6.45, 7) is 5.78. The molecule has 11 nitrogen and oxygen atoms in total. The third kappa shape index (κ3) is 4.02. The van der Waals surface area contributed by atoms with Crippen molar-refractivity contribution < 1.29 is 18.0 Å². The minimum Gasteiger partial charge on any atom is -0.391 e. The van der Waals surface area contributed by atoms with Crippen LogP contribution in [0.15, 0.2) is 27.4 Å². The van der Waals surface area contributed by atoms with E-state index in [0.29, 0.717) is 15.9 Å². The first-order chi connectivity index (χ1) is 17.3. The molecule has 0 spiro atoms. The molecule has 14 heteroatoms. The molecule has 1 aliphatic rings. The summed E-state index contributed by atoms with van der Waals surface area (Å²) < 4.78 is 35.0. The third-order valence-corrected chi connectivity index (χ3v) is 6.53. The topological polar surface area (TPSA) is 147 Å². The van der Waals surface area contributed by atoms with Crippen molar-refractivity contribution in [2.24, 2.45) is 0 Å². The van der Waals surface area contributed by atoms with Crippen LogP contribution in [0, 0.1) is 0 Å². The Morgan fingerprint density at radius 3 is 2.62 bits per heavy atom. The predicted octanol–water partition coefficient (Wildman–Crippen LogP) is 3.76. The molecule has 3 N–H and O–H groups in total. The number of hydrogen-bond acceptors (Lipinski definition) is 8. The molecule has 5 rings (SSSR count). The van der Waals surface area contributed by atoms with Gasteiger partial charge in [-0.05, 0) is 45.9 Å². The van der Waals surface area contributed by atoms with Crippen molar-refractivity contribution in [1.82, 2.24) is 29.5 Å². The van der Waals surface area contributed by atoms with Crippen molar-refractivity contribution in [3.05, 3.63) is 45.2 Å². The van der Waals surface area contributed by atoms with Crippen LogP contribution < -0.4 is 16.8 Å². The third-order valence-electron chi connectivity index (χ3n) is 6.30. The van der Waals surface area contributed by atoms with E-state index in [0.717, 1.165) is 11.6 Å². The Balaban J connectivity index is 1.64. The van der Waals surface area contributed by atoms with Gasteiger partial charge in [-0.25, -0.2) is 23.5 Å². The van der Waals surface area contributed by atoms with Crippen molar-refractivity contribution in [2.45, 2.75) is 58.0 Å². The molecule has 1 unspecified atom stereocenters. The van der Waals surface area contributed by atoms with Crippen molar-refractivity contribution in [1.29, 1.82) is 0 Å². The second kappa shape index (κ2) is 8.33. The van der Waals surface area contributed by atoms with Gasteiger partial charge in [0.15, 0.2) is 11.2 Å². The lowest BCUT2D eigenvalue weighted by atomic mass is 9.84. The first-order valence-corrected chi connectivity index (χ1v) is 11.8. The molecule has 0 fully saturated rings. The molecule has 0 radical (unpaired) electrons. The molecule has 37 heavy (non-hydrogen) atoms. The Kier molecular flexibility index (Phi) is 5.59. The zero-order valence-electron chi connectivity index (χ0n) is 20.3. The summed E-state index contributed by atoms with van der Waals surface area (Å²) in [5.41, 5.74) is 5.77. The average molecular weight is 533 g/mol. The van der Waals surface area contributed by atoms with Gasteiger partial charge in [0.25, 0.3) is 0 Å². The number of halogens is 3. The van der Waals surface area contributed by atoms with Gasteiger partial charge in [0, 0.05) is 23.4 Å². The van der Waals surface area contributed by atoms with Crippen LogP contribution >= 0.6 is 11.6 Å². The van der Waals surface area contributed by atoms with Crippen molar-refractivity contribution in [3.8, 4) is 11.5 Å². The average Bonchev–Trinajstić information content (AvgIpc) is 3.44. The Morgan fingerprint density at radius 2 is 1.97 bits per heavy atom. The fourth-order valence-corrected chi connectivity index (χ4v) is 4.49. The summed E-state index contributed by atoms with van der Waals surface area (Å²) in [6.07, 6.45) is -0.439. The normalized spacial score (nSPS) is 17.6. The van der Waals surface area contributed by atoms with Gasteiger partial charge in [-0.15, -0.1) is 5.10 Å². The number of nitrogens with zero attached hydrogens (tertiary/aromatic N) is 6. The van der Waals surface area contributed by atoms with Crippen molar-refractivity contribution in [2.75, 3.05) is 11.1 Å². The monoisotopic (exact) mass is 532 g/mol. The minimum absolute atomic E-state index is 0.0562. The van der Waals surface area contributed by atoms with Crippen LogP contribution in [0.3, 0.4) is 0 Å². The highest BCUT2D eigenvalue weighted by Crippen LogP contribution is 2.44. The summed E-state index contributed by atoms with van der Waals surface area (Å²) in [7, 11) is 0. The first kappa shape index (κ1) is 24.8. The molecule has 0 saturated heterocycles. The van der Waals surface area contributed by atoms with Gasteiger partial charge >= 0.3 is 5.76 Å². The maximum absolute atomic E-state index is 13.6. The summed E-state index contributed by atoms with van der Waals surface area (Å²) >= 11 is 6.15. The number of fused-ring (bicyclic) bond motifs is 2. The van der Waals surface area contributed by atoms with Gasteiger partial charge in [0.1, 0.15) is 17.3 Å². The smallest absolute Gasteiger partial charge is 0.391 e. The highest BCUT2D eigenvalue weighted by atomic mass is 35.5. The number of aromatic nitrogens is 6. The van der Waals surface area contributed by atoms with Gasteiger partial charge in [0.05, 0.1) is 17.1 Å². The van der Waals surface area contributed by atoms with Gasteiger partial charge in [-0.2, -0.15) is 9.78 Å². The van der Waals surface area contributed by atoms with Crippen LogP contribution in [0.5, 0.6) is 0 Å². The lowest BCUT2D eigenvalue weighted by Crippen LogP contribution is -2.33. The van der Waals surface area contributed by atoms with E-state index in [-0.39, 0.29) is 47.2 Å². The maximum Gasteiger partial charge on any atom is 0.437 e. The lowest BCUT2D eigenvalue weighted by Gasteiger charge is -2.18. The number of anilines is 2. The summed E-state index contributed by atoms with van der Waals surface area (Å²) in [5.74, 6) is -4.17. The minimum atomic E-state index is -2.89. The van der Waals surface area contributed by atoms with Crippen molar-refractivity contribution in [3.63, 3.8) is 0 Å². The van der Waals surface area contributed by atoms with Gasteiger partial charge in [-0.3, -0.25) is 9.48 Å². The van der Waals surface area contributed by atoms with Crippen LogP contribution in [0.2, 0.25) is 5.02 Å². The fourth-order valence-electron chi connectivity index (χ4n) is 4.32. The highest BCUT2D eigenvalue weighted by Gasteiger charge is 2.52. The summed E-state index contributed by atoms with van der Waals surface area (Å²) in [6, 6.07) is 4.64. The molecular formula is C23H23ClF2N8O3. The second-order valence-corrected chi connectivity index (χ2v) is 9.94. The molecule has 1 aliphatic heterocycles. The number of alkyl halides is 2. The number of carbonyl (C=O) groups is 1. The van der Waals surface area contributed by atoms with E-state index in [1.54, 1.807) is 32.0 Å². The van der Waals surface area contributed by atoms with E-state index in [1.807, 2.05) is 0 Å². The summed E-state index contributed by atoms with van der Waals surface area (Å²) in [5, 5.41) is 12.3. The van der Waals surface area contributed by atoms with Crippen LogP contribution in [0.25, 0.3) is 22.4 Å². The van der Waals surface area contributed by atoms with Crippen LogP contribution in [0.4, 0.5) is 20.4 Å². The second-order valence-electron chi connectivity index (χ2n) is 9.50. The Labute approximate surface area is 213 Å². The predicted molar refractivity (Wildman–Crippen MR) is 132 cm³/mol. The highest BCUT2D eigenvalue weighted by molar-refractivity contribution is 6.31. The standard InChI is InChI=1S/C23H23ClF2N8O3/c1-10(2)34-21(36)37-20(32-34)23(4)14-16(27)28-18(29-17(14)30-19(23)35)15-12-6-5-11(24)9-13(12)33(31-15)8-7-22(3,25)26/h5-6,9-10H,7-8H2,1-4H3,(H3,27,28,29,30,35). The molecule has 1 amide bonds. The number of aryl methyl sites for hydroxylation is 1. The molecule has 0 bridgehead atoms. The van der Waals surface area contributed by atoms with E-state index in [1.165, 1.54) is 11.6 Å². The number of nitrogens with one attached hydrogen (secondary N) is 1. The zero-order valence-corrected chi connectivity index (χ0v) is 21.1. The van der Waals surface area contributed by atoms with Crippen LogP contribution in [-0.4, -0.2) is 41.4 Å². The molecule has 3 aromatic heterocycles. The number of rotatable bonds is 6. The molecule has 0 aliphatic carbocycles. The van der Waals surface area contributed by atoms with E-state index in [2.05, 4.69) is 25.5 Å². The zero-order chi connectivity index (χ0) is 26.9.